The molecule has 0 aliphatic carbocycles. The van der Waals surface area contributed by atoms with Gasteiger partial charge in [-0.25, -0.2) is 0 Å². The van der Waals surface area contributed by atoms with Crippen LogP contribution in [-0.2, 0) is 9.59 Å². The van der Waals surface area contributed by atoms with Crippen LogP contribution in [0.15, 0.2) is 4.99 Å². The van der Waals surface area contributed by atoms with Crippen LogP contribution < -0.4 is 10.6 Å². The first-order chi connectivity index (χ1) is 7.17. The summed E-state index contributed by atoms with van der Waals surface area (Å²) in [5.74, 6) is -1.02. The molecule has 0 atom stereocenters. The molecule has 0 bridgehead atoms. The van der Waals surface area contributed by atoms with Gasteiger partial charge >= 0.3 is 11.8 Å². The second kappa shape index (κ2) is 5.45. The van der Waals surface area contributed by atoms with Gasteiger partial charge in [0.2, 0.25) is 5.96 Å². The van der Waals surface area contributed by atoms with Crippen molar-refractivity contribution in [3.05, 3.63) is 0 Å². The van der Waals surface area contributed by atoms with Gasteiger partial charge in [-0.05, 0) is 13.1 Å². The Morgan fingerprint density at radius 1 is 1.13 bits per heavy atom. The number of carbonyl (C=O) groups excluding carboxylic acids is 2. The molecule has 0 unspecified atom stereocenters. The summed E-state index contributed by atoms with van der Waals surface area (Å²) in [6, 6.07) is 0. The lowest BCUT2D eigenvalue weighted by molar-refractivity contribution is -0.135. The minimum atomic E-state index is -0.642. The zero-order valence-corrected chi connectivity index (χ0v) is 9.04. The van der Waals surface area contributed by atoms with Crippen LogP contribution >= 0.6 is 0 Å². The highest BCUT2D eigenvalue weighted by Gasteiger charge is 2.24. The molecule has 1 rings (SSSR count). The maximum Gasteiger partial charge on any atom is 0.316 e. The van der Waals surface area contributed by atoms with Gasteiger partial charge in [0.25, 0.3) is 0 Å². The van der Waals surface area contributed by atoms with Gasteiger partial charge in [0.1, 0.15) is 0 Å². The third-order valence-corrected chi connectivity index (χ3v) is 2.25. The van der Waals surface area contributed by atoms with Crippen molar-refractivity contribution in [2.75, 3.05) is 26.2 Å². The standard InChI is InChI=1S/C9H16N4O2/c1-3-13(4-2)6-5-10-9-11-7(14)8(15)12-9/h3-6H2,1-2H3,(H2,10,11,12,14,15). The van der Waals surface area contributed by atoms with Crippen LogP contribution in [0.3, 0.4) is 0 Å². The molecule has 6 nitrogen and oxygen atoms in total. The summed E-state index contributed by atoms with van der Waals surface area (Å²) >= 11 is 0. The Balaban J connectivity index is 2.33. The maximum atomic E-state index is 10.8. The number of nitrogens with zero attached hydrogens (tertiary/aromatic N) is 2. The Labute approximate surface area is 88.7 Å². The molecular weight excluding hydrogens is 196 g/mol. The molecule has 0 aromatic rings. The molecule has 0 aromatic carbocycles. The second-order valence-electron chi connectivity index (χ2n) is 3.17. The molecule has 0 saturated carbocycles. The van der Waals surface area contributed by atoms with Gasteiger partial charge in [-0.3, -0.25) is 25.2 Å². The molecule has 1 saturated heterocycles. The van der Waals surface area contributed by atoms with E-state index < -0.39 is 11.8 Å². The van der Waals surface area contributed by atoms with E-state index >= 15 is 0 Å². The van der Waals surface area contributed by atoms with E-state index in [-0.39, 0.29) is 5.96 Å². The first kappa shape index (κ1) is 11.6. The van der Waals surface area contributed by atoms with Crippen LogP contribution in [0.25, 0.3) is 0 Å². The Hall–Kier alpha value is -1.43. The Morgan fingerprint density at radius 2 is 1.67 bits per heavy atom. The van der Waals surface area contributed by atoms with Gasteiger partial charge in [-0.15, -0.1) is 0 Å². The fourth-order valence-electron chi connectivity index (χ4n) is 1.28. The van der Waals surface area contributed by atoms with Crippen molar-refractivity contribution in [3.8, 4) is 0 Å². The normalized spacial score (nSPS) is 15.5. The monoisotopic (exact) mass is 212 g/mol. The van der Waals surface area contributed by atoms with Crippen LogP contribution in [0, 0.1) is 0 Å². The fraction of sp³-hybridized carbons (Fsp3) is 0.667. The van der Waals surface area contributed by atoms with E-state index in [9.17, 15) is 9.59 Å². The van der Waals surface area contributed by atoms with Crippen LogP contribution in [0.1, 0.15) is 13.8 Å². The lowest BCUT2D eigenvalue weighted by atomic mass is 10.5. The number of guanidine groups is 1. The largest absolute Gasteiger partial charge is 0.316 e. The lowest BCUT2D eigenvalue weighted by Gasteiger charge is -2.15. The number of nitrogens with one attached hydrogen (secondary N) is 2. The molecule has 84 valence electrons. The number of hydrogen-bond acceptors (Lipinski definition) is 4. The summed E-state index contributed by atoms with van der Waals surface area (Å²) in [6.07, 6.45) is 0. The van der Waals surface area contributed by atoms with E-state index in [0.29, 0.717) is 6.54 Å². The highest BCUT2D eigenvalue weighted by atomic mass is 16.2. The first-order valence-corrected chi connectivity index (χ1v) is 5.06. The van der Waals surface area contributed by atoms with E-state index in [1.807, 2.05) is 0 Å². The smallest absolute Gasteiger partial charge is 0.302 e. The van der Waals surface area contributed by atoms with Gasteiger partial charge in [-0.1, -0.05) is 13.8 Å². The molecule has 1 heterocycles. The third-order valence-electron chi connectivity index (χ3n) is 2.25. The number of amides is 2. The first-order valence-electron chi connectivity index (χ1n) is 5.06. The lowest BCUT2D eigenvalue weighted by Crippen LogP contribution is -2.29. The van der Waals surface area contributed by atoms with Gasteiger partial charge in [0, 0.05) is 6.54 Å². The Morgan fingerprint density at radius 3 is 2.13 bits per heavy atom. The van der Waals surface area contributed by atoms with Crippen molar-refractivity contribution >= 4 is 17.8 Å². The number of hydrogen-bond donors (Lipinski definition) is 2. The fourth-order valence-corrected chi connectivity index (χ4v) is 1.28. The highest BCUT2D eigenvalue weighted by Crippen LogP contribution is 1.88. The van der Waals surface area contributed by atoms with Crippen molar-refractivity contribution in [1.29, 1.82) is 0 Å². The Bertz CT molecular complexity index is 266. The van der Waals surface area contributed by atoms with Crippen LogP contribution in [0.2, 0.25) is 0 Å². The summed E-state index contributed by atoms with van der Waals surface area (Å²) in [6.45, 7) is 7.49. The number of likely N-dealkylation sites (N-methyl/N-ethyl adjacent to an activating group) is 1. The van der Waals surface area contributed by atoms with Gasteiger partial charge in [-0.2, -0.15) is 0 Å². The quantitative estimate of drug-likeness (QED) is 0.570. The predicted octanol–water partition coefficient (Wildman–Crippen LogP) is -1.07. The highest BCUT2D eigenvalue weighted by molar-refractivity contribution is 6.45. The molecule has 1 aliphatic heterocycles. The summed E-state index contributed by atoms with van der Waals surface area (Å²) < 4.78 is 0. The average molecular weight is 212 g/mol. The molecule has 2 N–H and O–H groups in total. The molecule has 6 heteroatoms. The number of aliphatic imine (C=N–C) groups is 1. The minimum Gasteiger partial charge on any atom is -0.302 e. The third kappa shape index (κ3) is 3.32. The average Bonchev–Trinajstić information content (AvgIpc) is 2.53. The molecular formula is C9H16N4O2. The van der Waals surface area contributed by atoms with Crippen molar-refractivity contribution in [2.24, 2.45) is 4.99 Å². The molecule has 15 heavy (non-hydrogen) atoms. The van der Waals surface area contributed by atoms with E-state index in [0.717, 1.165) is 19.6 Å². The molecule has 2 amide bonds. The number of carbonyl (C=O) groups is 2. The molecule has 1 fully saturated rings. The van der Waals surface area contributed by atoms with Gasteiger partial charge in [0.05, 0.1) is 6.54 Å². The van der Waals surface area contributed by atoms with Gasteiger partial charge < -0.3 is 4.90 Å². The van der Waals surface area contributed by atoms with Crippen molar-refractivity contribution in [3.63, 3.8) is 0 Å². The van der Waals surface area contributed by atoms with Crippen molar-refractivity contribution in [2.45, 2.75) is 13.8 Å². The SMILES string of the molecule is CCN(CC)CCN=C1NC(=O)C(=O)N1. The molecule has 0 spiro atoms. The molecule has 1 aliphatic rings. The zero-order chi connectivity index (χ0) is 11.3. The molecule has 0 aromatic heterocycles. The second-order valence-corrected chi connectivity index (χ2v) is 3.17. The van der Waals surface area contributed by atoms with Gasteiger partial charge in [0.15, 0.2) is 0 Å². The van der Waals surface area contributed by atoms with E-state index in [1.165, 1.54) is 0 Å². The van der Waals surface area contributed by atoms with Crippen LogP contribution in [-0.4, -0.2) is 48.9 Å². The van der Waals surface area contributed by atoms with Crippen LogP contribution in [0.4, 0.5) is 0 Å². The van der Waals surface area contributed by atoms with E-state index in [2.05, 4.69) is 34.4 Å². The van der Waals surface area contributed by atoms with Crippen molar-refractivity contribution < 1.29 is 9.59 Å². The van der Waals surface area contributed by atoms with Crippen LogP contribution in [0.5, 0.6) is 0 Å². The molecule has 0 radical (unpaired) electrons. The van der Waals surface area contributed by atoms with E-state index in [1.54, 1.807) is 0 Å². The van der Waals surface area contributed by atoms with E-state index in [4.69, 9.17) is 0 Å². The summed E-state index contributed by atoms with van der Waals surface area (Å²) in [4.78, 5) is 27.8. The summed E-state index contributed by atoms with van der Waals surface area (Å²) in [5.41, 5.74) is 0. The maximum absolute atomic E-state index is 10.8. The summed E-state index contributed by atoms with van der Waals surface area (Å²) in [5, 5.41) is 4.69. The number of rotatable bonds is 5. The predicted molar refractivity (Wildman–Crippen MR) is 56.4 cm³/mol. The minimum absolute atomic E-state index is 0.261. The Kier molecular flexibility index (Phi) is 4.23. The zero-order valence-electron chi connectivity index (χ0n) is 9.04. The topological polar surface area (TPSA) is 73.8 Å². The summed E-state index contributed by atoms with van der Waals surface area (Å²) in [7, 11) is 0. The van der Waals surface area contributed by atoms with Crippen molar-refractivity contribution in [1.82, 2.24) is 15.5 Å².